The van der Waals surface area contributed by atoms with Crippen LogP contribution < -0.4 is 10.1 Å². The zero-order valence-electron chi connectivity index (χ0n) is 10.3. The molecular formula is C15H19NO. The molecule has 0 saturated heterocycles. The van der Waals surface area contributed by atoms with Gasteiger partial charge in [-0.3, -0.25) is 0 Å². The van der Waals surface area contributed by atoms with Crippen LogP contribution in [0.25, 0.3) is 0 Å². The Labute approximate surface area is 103 Å². The molecule has 0 amide bonds. The zero-order valence-corrected chi connectivity index (χ0v) is 10.3. The monoisotopic (exact) mass is 229 g/mol. The summed E-state index contributed by atoms with van der Waals surface area (Å²) in [6.45, 7) is 3.86. The number of hydrogen-bond acceptors (Lipinski definition) is 2. The van der Waals surface area contributed by atoms with Crippen molar-refractivity contribution in [3.05, 3.63) is 29.3 Å². The standard InChI is InChI=1S/C15H19NO/c1-3-14(4-2)16-9-7-12-5-6-15-13(11-12)8-10-17-15/h1,5-6,11,14,16H,4,7-10H2,2H3. The Bertz CT molecular complexity index is 419. The summed E-state index contributed by atoms with van der Waals surface area (Å²) in [6.07, 6.45) is 8.45. The van der Waals surface area contributed by atoms with Crippen LogP contribution in [0.15, 0.2) is 18.2 Å². The predicted octanol–water partition coefficient (Wildman–Crippen LogP) is 2.17. The van der Waals surface area contributed by atoms with Gasteiger partial charge in [-0.1, -0.05) is 25.0 Å². The van der Waals surface area contributed by atoms with E-state index in [-0.39, 0.29) is 6.04 Å². The Hall–Kier alpha value is -1.46. The van der Waals surface area contributed by atoms with Gasteiger partial charge in [0.25, 0.3) is 0 Å². The molecule has 2 nitrogen and oxygen atoms in total. The van der Waals surface area contributed by atoms with Crippen molar-refractivity contribution >= 4 is 0 Å². The van der Waals surface area contributed by atoms with E-state index in [4.69, 9.17) is 11.2 Å². The fourth-order valence-corrected chi connectivity index (χ4v) is 2.11. The zero-order chi connectivity index (χ0) is 12.1. The largest absolute Gasteiger partial charge is 0.493 e. The average molecular weight is 229 g/mol. The maximum absolute atomic E-state index is 5.49. The molecule has 17 heavy (non-hydrogen) atoms. The molecule has 0 aliphatic carbocycles. The van der Waals surface area contributed by atoms with Crippen LogP contribution in [0.5, 0.6) is 5.75 Å². The van der Waals surface area contributed by atoms with Crippen molar-refractivity contribution in [2.24, 2.45) is 0 Å². The van der Waals surface area contributed by atoms with E-state index >= 15 is 0 Å². The van der Waals surface area contributed by atoms with Gasteiger partial charge in [0, 0.05) is 13.0 Å². The molecule has 1 aliphatic rings. The lowest BCUT2D eigenvalue weighted by molar-refractivity contribution is 0.357. The summed E-state index contributed by atoms with van der Waals surface area (Å²) in [6, 6.07) is 6.67. The van der Waals surface area contributed by atoms with Gasteiger partial charge in [-0.15, -0.1) is 6.42 Å². The molecule has 90 valence electrons. The van der Waals surface area contributed by atoms with E-state index in [1.807, 2.05) is 0 Å². The summed E-state index contributed by atoms with van der Waals surface area (Å²) in [5.41, 5.74) is 2.69. The van der Waals surface area contributed by atoms with E-state index in [9.17, 15) is 0 Å². The molecule has 1 N–H and O–H groups in total. The van der Waals surface area contributed by atoms with Gasteiger partial charge in [0.05, 0.1) is 12.6 Å². The van der Waals surface area contributed by atoms with Crippen molar-refractivity contribution in [1.29, 1.82) is 0 Å². The van der Waals surface area contributed by atoms with Gasteiger partial charge in [0.1, 0.15) is 5.75 Å². The van der Waals surface area contributed by atoms with Crippen molar-refractivity contribution in [3.63, 3.8) is 0 Å². The molecule has 1 heterocycles. The number of terminal acetylenes is 1. The van der Waals surface area contributed by atoms with E-state index in [1.54, 1.807) is 0 Å². The molecule has 1 atom stereocenters. The van der Waals surface area contributed by atoms with E-state index in [0.29, 0.717) is 0 Å². The first-order valence-corrected chi connectivity index (χ1v) is 6.27. The number of ether oxygens (including phenoxy) is 1. The normalized spacial score (nSPS) is 14.8. The van der Waals surface area contributed by atoms with Crippen LogP contribution in [-0.4, -0.2) is 19.2 Å². The number of nitrogens with one attached hydrogen (secondary N) is 1. The number of hydrogen-bond donors (Lipinski definition) is 1. The minimum atomic E-state index is 0.202. The Morgan fingerprint density at radius 1 is 1.53 bits per heavy atom. The third kappa shape index (κ3) is 3.01. The highest BCUT2D eigenvalue weighted by Crippen LogP contribution is 2.25. The fourth-order valence-electron chi connectivity index (χ4n) is 2.11. The summed E-state index contributed by atoms with van der Waals surface area (Å²) < 4.78 is 5.49. The Kier molecular flexibility index (Phi) is 4.06. The highest BCUT2D eigenvalue weighted by molar-refractivity contribution is 5.39. The van der Waals surface area contributed by atoms with Gasteiger partial charge >= 0.3 is 0 Å². The van der Waals surface area contributed by atoms with Crippen LogP contribution in [0.4, 0.5) is 0 Å². The average Bonchev–Trinajstić information content (AvgIpc) is 2.82. The van der Waals surface area contributed by atoms with Crippen molar-refractivity contribution in [2.45, 2.75) is 32.2 Å². The SMILES string of the molecule is C#CC(CC)NCCc1ccc2c(c1)CCO2. The number of benzene rings is 1. The molecule has 0 saturated carbocycles. The molecule has 0 aromatic heterocycles. The molecule has 1 aliphatic heterocycles. The lowest BCUT2D eigenvalue weighted by Crippen LogP contribution is -2.28. The van der Waals surface area contributed by atoms with Gasteiger partial charge in [0.15, 0.2) is 0 Å². The van der Waals surface area contributed by atoms with Crippen LogP contribution in [0, 0.1) is 12.3 Å². The van der Waals surface area contributed by atoms with E-state index in [1.165, 1.54) is 11.1 Å². The van der Waals surface area contributed by atoms with Gasteiger partial charge < -0.3 is 10.1 Å². The summed E-state index contributed by atoms with van der Waals surface area (Å²) in [5.74, 6) is 3.80. The maximum atomic E-state index is 5.49. The van der Waals surface area contributed by atoms with E-state index < -0.39 is 0 Å². The Morgan fingerprint density at radius 3 is 3.18 bits per heavy atom. The van der Waals surface area contributed by atoms with Crippen molar-refractivity contribution in [1.82, 2.24) is 5.32 Å². The van der Waals surface area contributed by atoms with Gasteiger partial charge in [-0.25, -0.2) is 0 Å². The summed E-state index contributed by atoms with van der Waals surface area (Å²) >= 11 is 0. The maximum Gasteiger partial charge on any atom is 0.122 e. The predicted molar refractivity (Wildman–Crippen MR) is 70.3 cm³/mol. The van der Waals surface area contributed by atoms with Crippen molar-refractivity contribution in [3.8, 4) is 18.1 Å². The lowest BCUT2D eigenvalue weighted by Gasteiger charge is -2.10. The highest BCUT2D eigenvalue weighted by atomic mass is 16.5. The van der Waals surface area contributed by atoms with Crippen LogP contribution in [0.3, 0.4) is 0 Å². The quantitative estimate of drug-likeness (QED) is 0.781. The molecular weight excluding hydrogens is 210 g/mol. The summed E-state index contributed by atoms with van der Waals surface area (Å²) in [4.78, 5) is 0. The van der Waals surface area contributed by atoms with E-state index in [2.05, 4.69) is 36.4 Å². The second kappa shape index (κ2) is 5.75. The van der Waals surface area contributed by atoms with E-state index in [0.717, 1.165) is 38.2 Å². The van der Waals surface area contributed by atoms with Crippen LogP contribution in [0.1, 0.15) is 24.5 Å². The molecule has 1 aromatic rings. The van der Waals surface area contributed by atoms with Crippen LogP contribution in [-0.2, 0) is 12.8 Å². The molecule has 2 rings (SSSR count). The Balaban J connectivity index is 1.86. The van der Waals surface area contributed by atoms with Gasteiger partial charge in [0.2, 0.25) is 0 Å². The molecule has 0 bridgehead atoms. The van der Waals surface area contributed by atoms with Gasteiger partial charge in [-0.2, -0.15) is 0 Å². The third-order valence-electron chi connectivity index (χ3n) is 3.17. The molecule has 0 spiro atoms. The molecule has 1 unspecified atom stereocenters. The summed E-state index contributed by atoms with van der Waals surface area (Å²) in [5, 5.41) is 3.37. The fraction of sp³-hybridized carbons (Fsp3) is 0.467. The number of fused-ring (bicyclic) bond motifs is 1. The first-order valence-electron chi connectivity index (χ1n) is 6.27. The molecule has 2 heteroatoms. The minimum Gasteiger partial charge on any atom is -0.493 e. The Morgan fingerprint density at radius 2 is 2.41 bits per heavy atom. The lowest BCUT2D eigenvalue weighted by atomic mass is 10.1. The van der Waals surface area contributed by atoms with Crippen molar-refractivity contribution < 1.29 is 4.74 Å². The van der Waals surface area contributed by atoms with Crippen LogP contribution in [0.2, 0.25) is 0 Å². The first kappa shape index (κ1) is 12.0. The number of rotatable bonds is 5. The molecule has 0 radical (unpaired) electrons. The second-order valence-corrected chi connectivity index (χ2v) is 4.37. The third-order valence-corrected chi connectivity index (χ3v) is 3.17. The summed E-state index contributed by atoms with van der Waals surface area (Å²) in [7, 11) is 0. The topological polar surface area (TPSA) is 21.3 Å². The molecule has 1 aromatic carbocycles. The van der Waals surface area contributed by atoms with Crippen LogP contribution >= 0.6 is 0 Å². The minimum absolute atomic E-state index is 0.202. The smallest absolute Gasteiger partial charge is 0.122 e. The van der Waals surface area contributed by atoms with Crippen molar-refractivity contribution in [2.75, 3.05) is 13.2 Å². The molecule has 0 fully saturated rings. The highest BCUT2D eigenvalue weighted by Gasteiger charge is 2.11. The first-order chi connectivity index (χ1) is 8.33. The van der Waals surface area contributed by atoms with Gasteiger partial charge in [-0.05, 0) is 30.0 Å². The second-order valence-electron chi connectivity index (χ2n) is 4.37.